The van der Waals surface area contributed by atoms with Gasteiger partial charge in [-0.1, -0.05) is 11.8 Å². The fraction of sp³-hybridized carbons (Fsp3) is 0.250. The van der Waals surface area contributed by atoms with Crippen molar-refractivity contribution in [3.63, 3.8) is 0 Å². The van der Waals surface area contributed by atoms with Gasteiger partial charge >= 0.3 is 0 Å². The predicted molar refractivity (Wildman–Crippen MR) is 69.2 cm³/mol. The number of aliphatic imine (C=N–C) groups is 1. The molecule has 0 amide bonds. The molecular weight excluding hydrogens is 220 g/mol. The fourth-order valence-corrected chi connectivity index (χ4v) is 2.54. The largest absolute Gasteiger partial charge is 0.464 e. The monoisotopic (exact) mass is 232 g/mol. The molecule has 0 saturated heterocycles. The van der Waals surface area contributed by atoms with Crippen molar-refractivity contribution in [2.45, 2.75) is 6.42 Å². The fourth-order valence-electron chi connectivity index (χ4n) is 1.70. The third-order valence-electron chi connectivity index (χ3n) is 2.50. The number of nitrogens with one attached hydrogen (secondary N) is 1. The summed E-state index contributed by atoms with van der Waals surface area (Å²) in [6.07, 6.45) is 2.89. The molecule has 16 heavy (non-hydrogen) atoms. The van der Waals surface area contributed by atoms with E-state index in [0.29, 0.717) is 0 Å². The zero-order valence-corrected chi connectivity index (χ0v) is 9.59. The van der Waals surface area contributed by atoms with Crippen LogP contribution in [0.25, 0.3) is 11.0 Å². The molecule has 2 heterocycles. The summed E-state index contributed by atoms with van der Waals surface area (Å²) in [5.74, 6) is 1.15. The van der Waals surface area contributed by atoms with Gasteiger partial charge in [-0.05, 0) is 30.7 Å². The Morgan fingerprint density at radius 2 is 2.31 bits per heavy atom. The molecule has 1 aromatic carbocycles. The molecule has 0 unspecified atom stereocenters. The van der Waals surface area contributed by atoms with Gasteiger partial charge in [0, 0.05) is 23.4 Å². The van der Waals surface area contributed by atoms with Crippen LogP contribution in [0, 0.1) is 0 Å². The number of rotatable bonds is 1. The third kappa shape index (κ3) is 1.93. The summed E-state index contributed by atoms with van der Waals surface area (Å²) in [4.78, 5) is 4.44. The molecule has 0 fully saturated rings. The summed E-state index contributed by atoms with van der Waals surface area (Å²) < 4.78 is 5.30. The van der Waals surface area contributed by atoms with Crippen molar-refractivity contribution in [1.82, 2.24) is 0 Å². The topological polar surface area (TPSA) is 37.5 Å². The first-order valence-electron chi connectivity index (χ1n) is 5.33. The summed E-state index contributed by atoms with van der Waals surface area (Å²) >= 11 is 1.78. The quantitative estimate of drug-likeness (QED) is 0.819. The van der Waals surface area contributed by atoms with Gasteiger partial charge in [-0.15, -0.1) is 0 Å². The third-order valence-corrected chi connectivity index (χ3v) is 3.50. The lowest BCUT2D eigenvalue weighted by Crippen LogP contribution is -2.13. The zero-order valence-electron chi connectivity index (χ0n) is 8.77. The number of amidine groups is 1. The number of hydrogen-bond donors (Lipinski definition) is 1. The number of anilines is 1. The van der Waals surface area contributed by atoms with Crippen LogP contribution in [0.2, 0.25) is 0 Å². The van der Waals surface area contributed by atoms with Crippen LogP contribution in [0.3, 0.4) is 0 Å². The van der Waals surface area contributed by atoms with Crippen LogP contribution in [-0.4, -0.2) is 17.5 Å². The van der Waals surface area contributed by atoms with Gasteiger partial charge in [0.2, 0.25) is 0 Å². The molecule has 1 aliphatic rings. The lowest BCUT2D eigenvalue weighted by molar-refractivity contribution is 0.616. The Labute approximate surface area is 97.9 Å². The lowest BCUT2D eigenvalue weighted by Gasteiger charge is -2.13. The smallest absolute Gasteiger partial charge is 0.161 e. The van der Waals surface area contributed by atoms with Crippen LogP contribution in [0.15, 0.2) is 39.9 Å². The Balaban J connectivity index is 1.85. The average Bonchev–Trinajstić information content (AvgIpc) is 2.77. The Morgan fingerprint density at radius 3 is 3.19 bits per heavy atom. The van der Waals surface area contributed by atoms with E-state index < -0.39 is 0 Å². The van der Waals surface area contributed by atoms with E-state index in [1.807, 2.05) is 18.2 Å². The second-order valence-corrected chi connectivity index (χ2v) is 4.77. The van der Waals surface area contributed by atoms with E-state index in [9.17, 15) is 0 Å². The van der Waals surface area contributed by atoms with E-state index in [0.717, 1.165) is 34.1 Å². The first-order chi connectivity index (χ1) is 7.92. The molecule has 0 bridgehead atoms. The highest BCUT2D eigenvalue weighted by atomic mass is 32.2. The number of thioether (sulfide) groups is 1. The second kappa shape index (κ2) is 4.22. The molecule has 0 saturated carbocycles. The first kappa shape index (κ1) is 9.78. The van der Waals surface area contributed by atoms with Crippen LogP contribution in [0.4, 0.5) is 5.69 Å². The van der Waals surface area contributed by atoms with Gasteiger partial charge in [0.1, 0.15) is 5.58 Å². The van der Waals surface area contributed by atoms with Crippen molar-refractivity contribution in [1.29, 1.82) is 0 Å². The first-order valence-corrected chi connectivity index (χ1v) is 6.32. The summed E-state index contributed by atoms with van der Waals surface area (Å²) in [7, 11) is 0. The molecule has 82 valence electrons. The minimum atomic E-state index is 0.920. The molecule has 1 N–H and O–H groups in total. The number of fused-ring (bicyclic) bond motifs is 1. The SMILES string of the molecule is c1cc2cc(NC3=NCCCS3)ccc2o1. The van der Waals surface area contributed by atoms with Crippen molar-refractivity contribution >= 4 is 33.6 Å². The molecule has 3 rings (SSSR count). The van der Waals surface area contributed by atoms with Crippen LogP contribution < -0.4 is 5.32 Å². The molecule has 0 aliphatic carbocycles. The molecular formula is C12H12N2OS. The van der Waals surface area contributed by atoms with E-state index in [2.05, 4.69) is 16.4 Å². The molecule has 3 nitrogen and oxygen atoms in total. The van der Waals surface area contributed by atoms with Gasteiger partial charge in [0.25, 0.3) is 0 Å². The Hall–Kier alpha value is -1.42. The summed E-state index contributed by atoms with van der Waals surface area (Å²) in [5.41, 5.74) is 1.99. The molecule has 1 aromatic heterocycles. The van der Waals surface area contributed by atoms with Crippen LogP contribution in [-0.2, 0) is 0 Å². The van der Waals surface area contributed by atoms with Crippen molar-refractivity contribution in [3.8, 4) is 0 Å². The maximum absolute atomic E-state index is 5.30. The molecule has 0 radical (unpaired) electrons. The second-order valence-electron chi connectivity index (χ2n) is 3.69. The highest BCUT2D eigenvalue weighted by Crippen LogP contribution is 2.22. The molecule has 0 spiro atoms. The van der Waals surface area contributed by atoms with E-state index in [4.69, 9.17) is 4.42 Å². The maximum atomic E-state index is 5.30. The molecule has 2 aromatic rings. The highest BCUT2D eigenvalue weighted by Gasteiger charge is 2.06. The summed E-state index contributed by atoms with van der Waals surface area (Å²) in [6.45, 7) is 0.934. The highest BCUT2D eigenvalue weighted by molar-refractivity contribution is 8.14. The number of furan rings is 1. The van der Waals surface area contributed by atoms with E-state index in [1.54, 1.807) is 18.0 Å². The van der Waals surface area contributed by atoms with E-state index in [1.165, 1.54) is 6.42 Å². The zero-order chi connectivity index (χ0) is 10.8. The minimum Gasteiger partial charge on any atom is -0.464 e. The van der Waals surface area contributed by atoms with Gasteiger partial charge in [0.05, 0.1) is 6.26 Å². The van der Waals surface area contributed by atoms with E-state index in [-0.39, 0.29) is 0 Å². The van der Waals surface area contributed by atoms with Crippen molar-refractivity contribution in [3.05, 3.63) is 30.5 Å². The van der Waals surface area contributed by atoms with Gasteiger partial charge < -0.3 is 9.73 Å². The van der Waals surface area contributed by atoms with Gasteiger partial charge in [-0.2, -0.15) is 0 Å². The molecule has 0 atom stereocenters. The predicted octanol–water partition coefficient (Wildman–Crippen LogP) is 3.34. The summed E-state index contributed by atoms with van der Waals surface area (Å²) in [6, 6.07) is 8.04. The lowest BCUT2D eigenvalue weighted by atomic mass is 10.2. The molecule has 4 heteroatoms. The van der Waals surface area contributed by atoms with Crippen molar-refractivity contribution in [2.24, 2.45) is 4.99 Å². The van der Waals surface area contributed by atoms with Crippen LogP contribution in [0.1, 0.15) is 6.42 Å². The Kier molecular flexibility index (Phi) is 2.58. The maximum Gasteiger partial charge on any atom is 0.161 e. The van der Waals surface area contributed by atoms with E-state index >= 15 is 0 Å². The standard InChI is InChI=1S/C12H12N2OS/c1-5-13-12(16-7-1)14-10-2-3-11-9(8-10)4-6-15-11/h2-4,6,8H,1,5,7H2,(H,13,14). The number of nitrogens with zero attached hydrogens (tertiary/aromatic N) is 1. The van der Waals surface area contributed by atoms with Crippen molar-refractivity contribution in [2.75, 3.05) is 17.6 Å². The Bertz CT molecular complexity index is 533. The normalized spacial score (nSPS) is 16.1. The van der Waals surface area contributed by atoms with Crippen molar-refractivity contribution < 1.29 is 4.42 Å². The number of hydrogen-bond acceptors (Lipinski definition) is 4. The average molecular weight is 232 g/mol. The van der Waals surface area contributed by atoms with Gasteiger partial charge in [-0.25, -0.2) is 0 Å². The van der Waals surface area contributed by atoms with Gasteiger partial charge in [0.15, 0.2) is 5.17 Å². The van der Waals surface area contributed by atoms with Gasteiger partial charge in [-0.3, -0.25) is 4.99 Å². The minimum absolute atomic E-state index is 0.920. The summed E-state index contributed by atoms with van der Waals surface area (Å²) in [5, 5.41) is 5.47. The Morgan fingerprint density at radius 1 is 1.31 bits per heavy atom. The number of benzene rings is 1. The van der Waals surface area contributed by atoms with Crippen LogP contribution >= 0.6 is 11.8 Å². The molecule has 1 aliphatic heterocycles. The van der Waals surface area contributed by atoms with Crippen LogP contribution in [0.5, 0.6) is 0 Å².